The van der Waals surface area contributed by atoms with Crippen molar-refractivity contribution in [3.8, 4) is 0 Å². The van der Waals surface area contributed by atoms with Crippen molar-refractivity contribution in [3.63, 3.8) is 0 Å². The molecule has 0 saturated carbocycles. The fourth-order valence-electron chi connectivity index (χ4n) is 2.97. The van der Waals surface area contributed by atoms with Gasteiger partial charge in [-0.15, -0.1) is 0 Å². The van der Waals surface area contributed by atoms with Gasteiger partial charge in [0.05, 0.1) is 16.8 Å². The van der Waals surface area contributed by atoms with E-state index in [2.05, 4.69) is 17.0 Å². The van der Waals surface area contributed by atoms with Gasteiger partial charge < -0.3 is 5.32 Å². The zero-order valence-electron chi connectivity index (χ0n) is 12.0. The lowest BCUT2D eigenvalue weighted by atomic mass is 9.96. The van der Waals surface area contributed by atoms with Gasteiger partial charge in [-0.3, -0.25) is 0 Å². The fraction of sp³-hybridized carbons (Fsp3) is 1.00. The molecule has 2 aliphatic heterocycles. The Balaban J connectivity index is 1.98. The Morgan fingerprint density at radius 3 is 2.20 bits per heavy atom. The molecular formula is C12H24N2O4S2. The molecule has 2 aliphatic rings. The van der Waals surface area contributed by atoms with Gasteiger partial charge in [-0.2, -0.15) is 0 Å². The van der Waals surface area contributed by atoms with Gasteiger partial charge in [0.25, 0.3) is 0 Å². The van der Waals surface area contributed by atoms with Crippen LogP contribution in [-0.2, 0) is 19.9 Å². The van der Waals surface area contributed by atoms with Crippen LogP contribution in [0.2, 0.25) is 0 Å². The van der Waals surface area contributed by atoms with E-state index >= 15 is 0 Å². The molecule has 0 aromatic carbocycles. The molecule has 0 spiro atoms. The van der Waals surface area contributed by atoms with Gasteiger partial charge in [-0.25, -0.2) is 21.6 Å². The van der Waals surface area contributed by atoms with E-state index in [1.165, 1.54) is 0 Å². The molecule has 3 atom stereocenters. The molecular weight excluding hydrogens is 300 g/mol. The van der Waals surface area contributed by atoms with Crippen LogP contribution in [-0.4, -0.2) is 51.7 Å². The van der Waals surface area contributed by atoms with Crippen molar-refractivity contribution in [2.45, 2.75) is 62.9 Å². The second-order valence-electron chi connectivity index (χ2n) is 6.05. The van der Waals surface area contributed by atoms with E-state index in [1.807, 2.05) is 6.92 Å². The monoisotopic (exact) mass is 324 g/mol. The third kappa shape index (κ3) is 3.93. The summed E-state index contributed by atoms with van der Waals surface area (Å²) in [5.74, 6) is -0.0395. The summed E-state index contributed by atoms with van der Waals surface area (Å²) >= 11 is 0. The zero-order chi connectivity index (χ0) is 15.0. The quantitative estimate of drug-likeness (QED) is 0.763. The minimum absolute atomic E-state index is 0.0198. The zero-order valence-corrected chi connectivity index (χ0v) is 13.6. The van der Waals surface area contributed by atoms with Crippen molar-refractivity contribution in [3.05, 3.63) is 0 Å². The van der Waals surface area contributed by atoms with Gasteiger partial charge in [0.2, 0.25) is 10.0 Å². The van der Waals surface area contributed by atoms with Gasteiger partial charge in [-0.05, 0) is 39.5 Å². The van der Waals surface area contributed by atoms with Crippen LogP contribution >= 0.6 is 0 Å². The SMILES string of the molecule is CC1CCC(NS(=O)(=O)C2CCS(=O)(=O)CC2)C(C)N1. The lowest BCUT2D eigenvalue weighted by Crippen LogP contribution is -2.56. The van der Waals surface area contributed by atoms with E-state index < -0.39 is 25.1 Å². The summed E-state index contributed by atoms with van der Waals surface area (Å²) in [6.45, 7) is 4.07. The third-order valence-electron chi connectivity index (χ3n) is 4.32. The Labute approximate surface area is 121 Å². The molecule has 0 bridgehead atoms. The van der Waals surface area contributed by atoms with Gasteiger partial charge >= 0.3 is 0 Å². The van der Waals surface area contributed by atoms with Gasteiger partial charge in [0, 0.05) is 18.1 Å². The topological polar surface area (TPSA) is 92.3 Å². The largest absolute Gasteiger partial charge is 0.310 e. The highest BCUT2D eigenvalue weighted by atomic mass is 32.2. The second-order valence-corrected chi connectivity index (χ2v) is 10.4. The molecule has 118 valence electrons. The maximum absolute atomic E-state index is 12.4. The Morgan fingerprint density at radius 1 is 1.05 bits per heavy atom. The fourth-order valence-corrected chi connectivity index (χ4v) is 6.56. The summed E-state index contributed by atoms with van der Waals surface area (Å²) in [5, 5.41) is 2.77. The number of sulfone groups is 1. The van der Waals surface area contributed by atoms with Crippen LogP contribution in [0.3, 0.4) is 0 Å². The molecule has 2 fully saturated rings. The Hall–Kier alpha value is -0.180. The summed E-state index contributed by atoms with van der Waals surface area (Å²) in [5.41, 5.74) is 0. The van der Waals surface area contributed by atoms with Crippen molar-refractivity contribution in [1.29, 1.82) is 0 Å². The van der Waals surface area contributed by atoms with Crippen LogP contribution in [0.5, 0.6) is 0 Å². The summed E-state index contributed by atoms with van der Waals surface area (Å²) in [4.78, 5) is 0. The normalized spacial score (nSPS) is 35.8. The maximum atomic E-state index is 12.4. The highest BCUT2D eigenvalue weighted by Crippen LogP contribution is 2.21. The first-order valence-corrected chi connectivity index (χ1v) is 10.5. The molecule has 8 heteroatoms. The number of sulfonamides is 1. The number of piperidine rings is 1. The number of rotatable bonds is 3. The van der Waals surface area contributed by atoms with Crippen molar-refractivity contribution in [2.75, 3.05) is 11.5 Å². The van der Waals surface area contributed by atoms with Gasteiger partial charge in [-0.1, -0.05) is 0 Å². The van der Waals surface area contributed by atoms with Crippen molar-refractivity contribution in [1.82, 2.24) is 10.0 Å². The first-order valence-electron chi connectivity index (χ1n) is 7.17. The first kappa shape index (κ1) is 16.2. The maximum Gasteiger partial charge on any atom is 0.214 e. The van der Waals surface area contributed by atoms with E-state index in [9.17, 15) is 16.8 Å². The lowest BCUT2D eigenvalue weighted by Gasteiger charge is -2.35. The van der Waals surface area contributed by atoms with Crippen LogP contribution in [0.25, 0.3) is 0 Å². The lowest BCUT2D eigenvalue weighted by molar-refractivity contribution is 0.296. The van der Waals surface area contributed by atoms with Crippen LogP contribution in [0.1, 0.15) is 39.5 Å². The Morgan fingerprint density at radius 2 is 1.65 bits per heavy atom. The summed E-state index contributed by atoms with van der Waals surface area (Å²) < 4.78 is 50.2. The van der Waals surface area contributed by atoms with E-state index in [0.717, 1.165) is 12.8 Å². The van der Waals surface area contributed by atoms with E-state index in [1.54, 1.807) is 0 Å². The molecule has 20 heavy (non-hydrogen) atoms. The molecule has 0 radical (unpaired) electrons. The van der Waals surface area contributed by atoms with Crippen LogP contribution in [0.15, 0.2) is 0 Å². The predicted molar refractivity (Wildman–Crippen MR) is 78.8 cm³/mol. The number of nitrogens with one attached hydrogen (secondary N) is 2. The summed E-state index contributed by atoms with van der Waals surface area (Å²) in [7, 11) is -6.47. The summed E-state index contributed by atoms with van der Waals surface area (Å²) in [6.07, 6.45) is 2.18. The van der Waals surface area contributed by atoms with E-state index in [0.29, 0.717) is 6.04 Å². The molecule has 0 aromatic heterocycles. The van der Waals surface area contributed by atoms with Crippen molar-refractivity contribution in [2.24, 2.45) is 0 Å². The molecule has 2 rings (SSSR count). The van der Waals surface area contributed by atoms with Crippen LogP contribution in [0.4, 0.5) is 0 Å². The van der Waals surface area contributed by atoms with E-state index in [-0.39, 0.29) is 36.4 Å². The van der Waals surface area contributed by atoms with Gasteiger partial charge in [0.1, 0.15) is 9.84 Å². The summed E-state index contributed by atoms with van der Waals surface area (Å²) in [6, 6.07) is 0.404. The predicted octanol–water partition coefficient (Wildman–Crippen LogP) is 0.0120. The number of hydrogen-bond donors (Lipinski definition) is 2. The minimum atomic E-state index is -3.44. The molecule has 2 N–H and O–H groups in total. The van der Waals surface area contributed by atoms with Crippen molar-refractivity contribution >= 4 is 19.9 Å². The average Bonchev–Trinajstić information content (AvgIpc) is 2.32. The highest BCUT2D eigenvalue weighted by molar-refractivity contribution is 7.92. The Bertz CT molecular complexity index is 530. The molecule has 0 aromatic rings. The Kier molecular flexibility index (Phi) is 4.78. The molecule has 3 unspecified atom stereocenters. The number of hydrogen-bond acceptors (Lipinski definition) is 5. The van der Waals surface area contributed by atoms with Crippen LogP contribution in [0, 0.1) is 0 Å². The highest BCUT2D eigenvalue weighted by Gasteiger charge is 2.36. The minimum Gasteiger partial charge on any atom is -0.310 e. The molecule has 2 saturated heterocycles. The van der Waals surface area contributed by atoms with Crippen molar-refractivity contribution < 1.29 is 16.8 Å². The standard InChI is InChI=1S/C12H24N2O4S2/c1-9-3-4-12(10(2)13-9)14-20(17,18)11-5-7-19(15,16)8-6-11/h9-14H,3-8H2,1-2H3. The molecule has 0 amide bonds. The molecule has 6 nitrogen and oxygen atoms in total. The second kappa shape index (κ2) is 5.90. The third-order valence-corrected chi connectivity index (χ3v) is 8.01. The smallest absolute Gasteiger partial charge is 0.214 e. The van der Waals surface area contributed by atoms with Crippen LogP contribution < -0.4 is 10.0 Å². The molecule has 2 heterocycles. The average molecular weight is 324 g/mol. The van der Waals surface area contributed by atoms with E-state index in [4.69, 9.17) is 0 Å². The first-order chi connectivity index (χ1) is 9.20. The van der Waals surface area contributed by atoms with Gasteiger partial charge in [0.15, 0.2) is 0 Å². The molecule has 0 aliphatic carbocycles.